The highest BCUT2D eigenvalue weighted by Gasteiger charge is 2.21. The lowest BCUT2D eigenvalue weighted by Crippen LogP contribution is -2.39. The summed E-state index contributed by atoms with van der Waals surface area (Å²) in [5.41, 5.74) is 1.06. The summed E-state index contributed by atoms with van der Waals surface area (Å²) in [7, 11) is 0. The summed E-state index contributed by atoms with van der Waals surface area (Å²) in [5, 5.41) is 3.97. The Morgan fingerprint density at radius 1 is 1.32 bits per heavy atom. The number of rotatable bonds is 4. The average molecular weight is 317 g/mol. The molecule has 1 aliphatic carbocycles. The van der Waals surface area contributed by atoms with Crippen molar-refractivity contribution in [1.29, 1.82) is 0 Å². The zero-order chi connectivity index (χ0) is 15.4. The van der Waals surface area contributed by atoms with Gasteiger partial charge >= 0.3 is 0 Å². The van der Waals surface area contributed by atoms with E-state index in [1.807, 2.05) is 41.9 Å². The fraction of sp³-hybridized carbons (Fsp3) is 0.529. The molecular weight excluding hydrogens is 294 g/mol. The highest BCUT2D eigenvalue weighted by Crippen LogP contribution is 2.24. The Morgan fingerprint density at radius 3 is 2.86 bits per heavy atom. The number of carbonyl (C=O) groups is 1. The molecule has 1 amide bonds. The predicted octanol–water partition coefficient (Wildman–Crippen LogP) is 3.65. The standard InChI is InChI=1S/C17H23N3OS/c1-13(16(21)19-14-8-4-2-3-5-9-14)22-17-18-12-15-10-6-7-11-20(15)17/h6-7,10-14H,2-5,8-9H2,1H3,(H,19,21)/t13-/m0/s1. The van der Waals surface area contributed by atoms with Crippen LogP contribution in [0.25, 0.3) is 5.52 Å². The minimum absolute atomic E-state index is 0.129. The fourth-order valence-electron chi connectivity index (χ4n) is 2.96. The van der Waals surface area contributed by atoms with Gasteiger partial charge in [-0.05, 0) is 31.9 Å². The van der Waals surface area contributed by atoms with Crippen LogP contribution in [0.1, 0.15) is 45.4 Å². The van der Waals surface area contributed by atoms with Gasteiger partial charge in [-0.1, -0.05) is 43.5 Å². The summed E-state index contributed by atoms with van der Waals surface area (Å²) >= 11 is 1.52. The van der Waals surface area contributed by atoms with Crippen LogP contribution in [0.2, 0.25) is 0 Å². The first-order chi connectivity index (χ1) is 10.7. The average Bonchev–Trinajstić information content (AvgIpc) is 2.75. The lowest BCUT2D eigenvalue weighted by Gasteiger charge is -2.19. The van der Waals surface area contributed by atoms with Gasteiger partial charge in [0.05, 0.1) is 17.0 Å². The molecule has 118 valence electrons. The molecule has 1 atom stereocenters. The smallest absolute Gasteiger partial charge is 0.233 e. The lowest BCUT2D eigenvalue weighted by molar-refractivity contribution is -0.121. The van der Waals surface area contributed by atoms with Crippen molar-refractivity contribution in [1.82, 2.24) is 14.7 Å². The number of imidazole rings is 1. The number of aromatic nitrogens is 2. The van der Waals surface area contributed by atoms with Crippen molar-refractivity contribution >= 4 is 23.2 Å². The van der Waals surface area contributed by atoms with Crippen molar-refractivity contribution in [2.75, 3.05) is 0 Å². The van der Waals surface area contributed by atoms with Crippen LogP contribution >= 0.6 is 11.8 Å². The Balaban J connectivity index is 1.61. The molecule has 2 aromatic rings. The third-order valence-corrected chi connectivity index (χ3v) is 5.34. The molecule has 0 unspecified atom stereocenters. The zero-order valence-electron chi connectivity index (χ0n) is 13.0. The second-order valence-electron chi connectivity index (χ2n) is 5.99. The molecule has 22 heavy (non-hydrogen) atoms. The van der Waals surface area contributed by atoms with Crippen molar-refractivity contribution in [3.8, 4) is 0 Å². The van der Waals surface area contributed by atoms with Crippen molar-refractivity contribution in [3.05, 3.63) is 30.6 Å². The van der Waals surface area contributed by atoms with Crippen LogP contribution in [0, 0.1) is 0 Å². The van der Waals surface area contributed by atoms with E-state index in [1.54, 1.807) is 0 Å². The van der Waals surface area contributed by atoms with Crippen molar-refractivity contribution in [3.63, 3.8) is 0 Å². The quantitative estimate of drug-likeness (QED) is 0.691. The summed E-state index contributed by atoms with van der Waals surface area (Å²) in [6.07, 6.45) is 11.1. The summed E-state index contributed by atoms with van der Waals surface area (Å²) in [5.74, 6) is 0.129. The first-order valence-electron chi connectivity index (χ1n) is 8.13. The van der Waals surface area contributed by atoms with E-state index < -0.39 is 0 Å². The molecule has 3 rings (SSSR count). The number of carbonyl (C=O) groups excluding carboxylic acids is 1. The maximum atomic E-state index is 12.4. The van der Waals surface area contributed by atoms with E-state index in [1.165, 1.54) is 37.4 Å². The molecule has 0 bridgehead atoms. The minimum atomic E-state index is -0.131. The first-order valence-corrected chi connectivity index (χ1v) is 9.01. The van der Waals surface area contributed by atoms with Crippen LogP contribution in [0.5, 0.6) is 0 Å². The second-order valence-corrected chi connectivity index (χ2v) is 7.30. The fourth-order valence-corrected chi connectivity index (χ4v) is 3.85. The summed E-state index contributed by atoms with van der Waals surface area (Å²) in [6.45, 7) is 1.96. The third kappa shape index (κ3) is 3.64. The SMILES string of the molecule is C[C@H](Sc1ncc2ccccn12)C(=O)NC1CCCCCC1. The number of nitrogens with one attached hydrogen (secondary N) is 1. The van der Waals surface area contributed by atoms with Crippen LogP contribution in [-0.2, 0) is 4.79 Å². The third-order valence-electron chi connectivity index (χ3n) is 4.26. The Labute approximate surface area is 135 Å². The summed E-state index contributed by atoms with van der Waals surface area (Å²) in [4.78, 5) is 16.8. The minimum Gasteiger partial charge on any atom is -0.352 e. The molecule has 1 N–H and O–H groups in total. The van der Waals surface area contributed by atoms with E-state index in [9.17, 15) is 4.79 Å². The van der Waals surface area contributed by atoms with Crippen molar-refractivity contribution in [2.24, 2.45) is 0 Å². The monoisotopic (exact) mass is 317 g/mol. The maximum absolute atomic E-state index is 12.4. The molecule has 1 aliphatic rings. The number of hydrogen-bond acceptors (Lipinski definition) is 3. The lowest BCUT2D eigenvalue weighted by atomic mass is 10.1. The summed E-state index contributed by atoms with van der Waals surface area (Å²) < 4.78 is 2.03. The molecule has 0 saturated heterocycles. The number of hydrogen-bond donors (Lipinski definition) is 1. The second kappa shape index (κ2) is 7.18. The van der Waals surface area contributed by atoms with Crippen LogP contribution in [0.3, 0.4) is 0 Å². The van der Waals surface area contributed by atoms with Gasteiger partial charge in [-0.25, -0.2) is 4.98 Å². The predicted molar refractivity (Wildman–Crippen MR) is 90.1 cm³/mol. The molecule has 0 aliphatic heterocycles. The highest BCUT2D eigenvalue weighted by atomic mass is 32.2. The molecule has 0 aromatic carbocycles. The zero-order valence-corrected chi connectivity index (χ0v) is 13.8. The molecule has 1 saturated carbocycles. The number of amides is 1. The molecule has 0 radical (unpaired) electrons. The maximum Gasteiger partial charge on any atom is 0.233 e. The van der Waals surface area contributed by atoms with Gasteiger partial charge in [-0.15, -0.1) is 0 Å². The number of pyridine rings is 1. The van der Waals surface area contributed by atoms with Gasteiger partial charge in [0.1, 0.15) is 0 Å². The molecule has 2 heterocycles. The van der Waals surface area contributed by atoms with Gasteiger partial charge in [0.25, 0.3) is 0 Å². The molecule has 5 heteroatoms. The van der Waals surface area contributed by atoms with Gasteiger partial charge in [-0.2, -0.15) is 0 Å². The largest absolute Gasteiger partial charge is 0.352 e. The Hall–Kier alpha value is -1.49. The van der Waals surface area contributed by atoms with Crippen LogP contribution in [0.4, 0.5) is 0 Å². The van der Waals surface area contributed by atoms with Gasteiger partial charge in [0, 0.05) is 12.2 Å². The Morgan fingerprint density at radius 2 is 2.09 bits per heavy atom. The van der Waals surface area contributed by atoms with E-state index in [0.29, 0.717) is 6.04 Å². The Bertz CT molecular complexity index is 632. The van der Waals surface area contributed by atoms with Crippen molar-refractivity contribution in [2.45, 2.75) is 61.9 Å². The van der Waals surface area contributed by atoms with Crippen LogP contribution in [0.15, 0.2) is 35.7 Å². The van der Waals surface area contributed by atoms with Crippen molar-refractivity contribution < 1.29 is 4.79 Å². The molecule has 2 aromatic heterocycles. The number of thioether (sulfide) groups is 1. The van der Waals surface area contributed by atoms with E-state index >= 15 is 0 Å². The van der Waals surface area contributed by atoms with E-state index in [2.05, 4.69) is 10.3 Å². The van der Waals surface area contributed by atoms with Gasteiger partial charge in [0.15, 0.2) is 5.16 Å². The van der Waals surface area contributed by atoms with Crippen LogP contribution < -0.4 is 5.32 Å². The summed E-state index contributed by atoms with van der Waals surface area (Å²) in [6, 6.07) is 6.35. The topological polar surface area (TPSA) is 46.4 Å². The van der Waals surface area contributed by atoms with Gasteiger partial charge < -0.3 is 5.32 Å². The highest BCUT2D eigenvalue weighted by molar-refractivity contribution is 8.00. The van der Waals surface area contributed by atoms with Gasteiger partial charge in [-0.3, -0.25) is 9.20 Å². The van der Waals surface area contributed by atoms with Gasteiger partial charge in [0.2, 0.25) is 5.91 Å². The van der Waals surface area contributed by atoms with E-state index in [4.69, 9.17) is 0 Å². The van der Waals surface area contributed by atoms with E-state index in [-0.39, 0.29) is 11.2 Å². The normalized spacial score (nSPS) is 18.0. The van der Waals surface area contributed by atoms with Crippen LogP contribution in [-0.4, -0.2) is 26.6 Å². The molecule has 4 nitrogen and oxygen atoms in total. The first kappa shape index (κ1) is 15.4. The molecule has 0 spiro atoms. The van der Waals surface area contributed by atoms with E-state index in [0.717, 1.165) is 23.5 Å². The number of nitrogens with zero attached hydrogens (tertiary/aromatic N) is 2. The molecular formula is C17H23N3OS. The number of fused-ring (bicyclic) bond motifs is 1. The molecule has 1 fully saturated rings. The Kier molecular flexibility index (Phi) is 5.03.